The van der Waals surface area contributed by atoms with Crippen LogP contribution in [0.3, 0.4) is 0 Å². The Hall–Kier alpha value is -5.25. The van der Waals surface area contributed by atoms with E-state index < -0.39 is 0 Å². The molecule has 1 aliphatic carbocycles. The minimum absolute atomic E-state index is 0.171. The molecule has 0 bridgehead atoms. The van der Waals surface area contributed by atoms with Gasteiger partial charge >= 0.3 is 0 Å². The average Bonchev–Trinajstić information content (AvgIpc) is 3.73. The van der Waals surface area contributed by atoms with Crippen molar-refractivity contribution in [1.29, 1.82) is 0 Å². The van der Waals surface area contributed by atoms with Crippen LogP contribution in [0.5, 0.6) is 0 Å². The van der Waals surface area contributed by atoms with E-state index >= 15 is 0 Å². The normalized spacial score (nSPS) is 13.7. The Morgan fingerprint density at radius 2 is 1.33 bits per heavy atom. The van der Waals surface area contributed by atoms with Gasteiger partial charge in [0.1, 0.15) is 5.01 Å². The fourth-order valence-electron chi connectivity index (χ4n) is 7.96. The lowest BCUT2D eigenvalue weighted by Crippen LogP contribution is -2.15. The lowest BCUT2D eigenvalue weighted by molar-refractivity contribution is 0.667. The summed E-state index contributed by atoms with van der Waals surface area (Å²) in [6.07, 6.45) is 0. The van der Waals surface area contributed by atoms with Crippen molar-refractivity contribution in [3.05, 3.63) is 145 Å². The second-order valence-corrected chi connectivity index (χ2v) is 13.8. The van der Waals surface area contributed by atoms with Gasteiger partial charge in [-0.15, -0.1) is 11.3 Å². The zero-order valence-corrected chi connectivity index (χ0v) is 25.8. The van der Waals surface area contributed by atoms with Gasteiger partial charge in [0, 0.05) is 32.8 Å². The van der Waals surface area contributed by atoms with Crippen LogP contribution in [0.4, 0.5) is 0 Å². The molecule has 0 unspecified atom stereocenters. The highest BCUT2D eigenvalue weighted by atomic mass is 32.1. The van der Waals surface area contributed by atoms with Crippen molar-refractivity contribution in [2.24, 2.45) is 0 Å². The summed E-state index contributed by atoms with van der Waals surface area (Å²) in [5.74, 6) is 0. The third-order valence-electron chi connectivity index (χ3n) is 9.97. The van der Waals surface area contributed by atoms with E-state index in [1.165, 1.54) is 81.6 Å². The van der Waals surface area contributed by atoms with E-state index in [0.717, 1.165) is 10.5 Å². The van der Waals surface area contributed by atoms with Crippen LogP contribution in [0.1, 0.15) is 25.0 Å². The molecule has 0 saturated carbocycles. The maximum Gasteiger partial charge on any atom is 0.124 e. The molecule has 0 radical (unpaired) electrons. The first kappa shape index (κ1) is 25.1. The van der Waals surface area contributed by atoms with Crippen molar-refractivity contribution in [2.45, 2.75) is 19.3 Å². The summed E-state index contributed by atoms with van der Waals surface area (Å²) in [5.41, 5.74) is 11.3. The molecule has 0 amide bonds. The minimum Gasteiger partial charge on any atom is -0.309 e. The zero-order chi connectivity index (χ0) is 29.9. The molecule has 45 heavy (non-hydrogen) atoms. The van der Waals surface area contributed by atoms with Gasteiger partial charge in [-0.25, -0.2) is 4.98 Å². The molecule has 2 nitrogen and oxygen atoms in total. The number of thiazole rings is 1. The summed E-state index contributed by atoms with van der Waals surface area (Å²) in [7, 11) is 0. The van der Waals surface area contributed by atoms with Gasteiger partial charge in [-0.2, -0.15) is 0 Å². The molecule has 2 aromatic heterocycles. The molecule has 0 fully saturated rings. The first-order valence-electron chi connectivity index (χ1n) is 15.6. The molecule has 3 heteroatoms. The molecule has 0 aliphatic heterocycles. The zero-order valence-electron chi connectivity index (χ0n) is 25.0. The number of hydrogen-bond acceptors (Lipinski definition) is 2. The number of benzene rings is 7. The smallest absolute Gasteiger partial charge is 0.124 e. The van der Waals surface area contributed by atoms with Crippen molar-refractivity contribution in [2.75, 3.05) is 0 Å². The summed E-state index contributed by atoms with van der Waals surface area (Å²) in [6.45, 7) is 4.80. The highest BCUT2D eigenvalue weighted by Gasteiger charge is 2.38. The van der Waals surface area contributed by atoms with Gasteiger partial charge in [-0.05, 0) is 74.8 Å². The molecule has 10 rings (SSSR count). The quantitative estimate of drug-likeness (QED) is 0.183. The second-order valence-electron chi connectivity index (χ2n) is 12.8. The van der Waals surface area contributed by atoms with Gasteiger partial charge in [0.05, 0.1) is 21.3 Å². The summed E-state index contributed by atoms with van der Waals surface area (Å²) in [4.78, 5) is 5.24. The fraction of sp³-hybridized carbons (Fsp3) is 0.0714. The van der Waals surface area contributed by atoms with E-state index in [4.69, 9.17) is 4.98 Å². The van der Waals surface area contributed by atoms with Crippen molar-refractivity contribution in [1.82, 2.24) is 9.55 Å². The molecular formula is C42H28N2S. The lowest BCUT2D eigenvalue weighted by Gasteiger charge is -2.24. The predicted molar refractivity (Wildman–Crippen MR) is 192 cm³/mol. The number of hydrogen-bond donors (Lipinski definition) is 0. The Balaban J connectivity index is 1.26. The average molecular weight is 593 g/mol. The molecule has 0 atom stereocenters. The number of nitrogens with zero attached hydrogens (tertiary/aromatic N) is 2. The molecule has 9 aromatic rings. The second kappa shape index (κ2) is 8.90. The number of rotatable bonds is 2. The first-order chi connectivity index (χ1) is 22.1. The summed E-state index contributed by atoms with van der Waals surface area (Å²) in [5, 5.41) is 8.76. The number of fused-ring (bicyclic) bond motifs is 12. The standard InChI is InChI=1S/C42H28N2S/c1-42(2)34-24-36-33(28-15-9-10-16-35(28)44(36)27-13-7-4-8-14-27)23-32(34)31-21-20-29-30(39(31)42)19-17-25-18-22-37-40(38(25)29)43-41(45-37)26-11-5-3-6-12-26/h3-24H,1-2H3. The van der Waals surface area contributed by atoms with E-state index in [-0.39, 0.29) is 5.41 Å². The third kappa shape index (κ3) is 3.36. The molecule has 212 valence electrons. The van der Waals surface area contributed by atoms with Gasteiger partial charge < -0.3 is 4.57 Å². The van der Waals surface area contributed by atoms with Crippen LogP contribution in [-0.2, 0) is 5.41 Å². The molecule has 1 aliphatic rings. The van der Waals surface area contributed by atoms with E-state index in [1.54, 1.807) is 11.3 Å². The molecule has 2 heterocycles. The van der Waals surface area contributed by atoms with Crippen LogP contribution in [0.15, 0.2) is 133 Å². The summed E-state index contributed by atoms with van der Waals surface area (Å²) < 4.78 is 3.66. The van der Waals surface area contributed by atoms with E-state index in [0.29, 0.717) is 0 Å². The predicted octanol–water partition coefficient (Wildman–Crippen LogP) is 11.7. The first-order valence-corrected chi connectivity index (χ1v) is 16.4. The molecule has 0 N–H and O–H groups in total. The van der Waals surface area contributed by atoms with Crippen molar-refractivity contribution < 1.29 is 0 Å². The number of para-hydroxylation sites is 2. The maximum absolute atomic E-state index is 5.24. The van der Waals surface area contributed by atoms with E-state index in [9.17, 15) is 0 Å². The van der Waals surface area contributed by atoms with Gasteiger partial charge in [-0.3, -0.25) is 0 Å². The fourth-order valence-corrected chi connectivity index (χ4v) is 8.94. The monoisotopic (exact) mass is 592 g/mol. The van der Waals surface area contributed by atoms with Crippen molar-refractivity contribution in [3.63, 3.8) is 0 Å². The molecule has 7 aromatic carbocycles. The van der Waals surface area contributed by atoms with Gasteiger partial charge in [0.15, 0.2) is 0 Å². The number of aromatic nitrogens is 2. The summed E-state index contributed by atoms with van der Waals surface area (Å²) in [6, 6.07) is 48.9. The highest BCUT2D eigenvalue weighted by Crippen LogP contribution is 2.54. The van der Waals surface area contributed by atoms with Gasteiger partial charge in [0.2, 0.25) is 0 Å². The van der Waals surface area contributed by atoms with Crippen LogP contribution < -0.4 is 0 Å². The van der Waals surface area contributed by atoms with E-state index in [1.807, 2.05) is 0 Å². The minimum atomic E-state index is -0.171. The van der Waals surface area contributed by atoms with Gasteiger partial charge in [-0.1, -0.05) is 111 Å². The van der Waals surface area contributed by atoms with Crippen molar-refractivity contribution >= 4 is 64.9 Å². The Kier molecular flexibility index (Phi) is 4.97. The lowest BCUT2D eigenvalue weighted by atomic mass is 9.79. The summed E-state index contributed by atoms with van der Waals surface area (Å²) >= 11 is 1.78. The highest BCUT2D eigenvalue weighted by molar-refractivity contribution is 7.21. The Morgan fingerprint density at radius 3 is 2.18 bits per heavy atom. The van der Waals surface area contributed by atoms with Crippen LogP contribution >= 0.6 is 11.3 Å². The molecule has 0 spiro atoms. The topological polar surface area (TPSA) is 17.8 Å². The third-order valence-corrected chi connectivity index (χ3v) is 11.0. The Bertz CT molecular complexity index is 2660. The van der Waals surface area contributed by atoms with Crippen LogP contribution in [0.25, 0.3) is 81.0 Å². The largest absolute Gasteiger partial charge is 0.309 e. The Labute approximate surface area is 264 Å². The van der Waals surface area contributed by atoms with Crippen molar-refractivity contribution in [3.8, 4) is 27.4 Å². The van der Waals surface area contributed by atoms with E-state index in [2.05, 4.69) is 152 Å². The Morgan fingerprint density at radius 1 is 0.600 bits per heavy atom. The maximum atomic E-state index is 5.24. The molecular weight excluding hydrogens is 565 g/mol. The van der Waals surface area contributed by atoms with Crippen LogP contribution in [0.2, 0.25) is 0 Å². The van der Waals surface area contributed by atoms with Gasteiger partial charge in [0.25, 0.3) is 0 Å². The van der Waals surface area contributed by atoms with Crippen LogP contribution in [-0.4, -0.2) is 9.55 Å². The SMILES string of the molecule is CC1(C)c2cc3c(cc2-c2ccc4c(ccc5ccc6sc(-c7ccccc7)nc6c54)c21)c1ccccc1n3-c1ccccc1. The molecule has 0 saturated heterocycles. The van der Waals surface area contributed by atoms with Crippen LogP contribution in [0, 0.1) is 0 Å².